The van der Waals surface area contributed by atoms with Crippen molar-refractivity contribution in [3.63, 3.8) is 0 Å². The third kappa shape index (κ3) is 2.03. The molecule has 0 saturated heterocycles. The molecule has 2 aromatic rings. The van der Waals surface area contributed by atoms with E-state index in [1.54, 1.807) is 0 Å². The molecule has 0 saturated carbocycles. The standard InChI is InChI=1S/C14H16S/c1-10(2)14(15)13-9-5-7-11-6-3-4-8-12(11)13/h3-10,14-15H,1-2H3. The molecule has 2 aromatic carbocycles. The largest absolute Gasteiger partial charge is 0.171 e. The Balaban J connectivity index is 2.60. The molecule has 0 N–H and O–H groups in total. The Labute approximate surface area is 96.7 Å². The van der Waals surface area contributed by atoms with E-state index in [4.69, 9.17) is 12.6 Å². The summed E-state index contributed by atoms with van der Waals surface area (Å²) in [6.45, 7) is 4.42. The van der Waals surface area contributed by atoms with Gasteiger partial charge in [-0.15, -0.1) is 0 Å². The van der Waals surface area contributed by atoms with Crippen LogP contribution >= 0.6 is 12.6 Å². The van der Waals surface area contributed by atoms with Crippen molar-refractivity contribution in [1.82, 2.24) is 0 Å². The smallest absolute Gasteiger partial charge is 0.0296 e. The van der Waals surface area contributed by atoms with Crippen LogP contribution in [0, 0.1) is 5.92 Å². The van der Waals surface area contributed by atoms with Gasteiger partial charge in [0.05, 0.1) is 0 Å². The lowest BCUT2D eigenvalue weighted by atomic mass is 9.96. The van der Waals surface area contributed by atoms with Crippen LogP contribution in [0.3, 0.4) is 0 Å². The highest BCUT2D eigenvalue weighted by molar-refractivity contribution is 7.80. The summed E-state index contributed by atoms with van der Waals surface area (Å²) in [7, 11) is 0. The van der Waals surface area contributed by atoms with E-state index < -0.39 is 0 Å². The molecule has 2 rings (SSSR count). The van der Waals surface area contributed by atoms with Crippen molar-refractivity contribution in [2.24, 2.45) is 5.92 Å². The molecule has 78 valence electrons. The van der Waals surface area contributed by atoms with Gasteiger partial charge < -0.3 is 0 Å². The fourth-order valence-electron chi connectivity index (χ4n) is 1.87. The third-order valence-electron chi connectivity index (χ3n) is 2.77. The Hall–Kier alpha value is -0.950. The van der Waals surface area contributed by atoms with Gasteiger partial charge in [-0.05, 0) is 22.3 Å². The zero-order valence-electron chi connectivity index (χ0n) is 9.14. The second kappa shape index (κ2) is 4.28. The average Bonchev–Trinajstić information content (AvgIpc) is 2.27. The highest BCUT2D eigenvalue weighted by atomic mass is 32.1. The van der Waals surface area contributed by atoms with E-state index in [1.165, 1.54) is 16.3 Å². The van der Waals surface area contributed by atoms with Crippen molar-refractivity contribution in [3.8, 4) is 0 Å². The van der Waals surface area contributed by atoms with Gasteiger partial charge in [0.15, 0.2) is 0 Å². The van der Waals surface area contributed by atoms with Crippen molar-refractivity contribution in [2.45, 2.75) is 19.1 Å². The molecule has 0 bridgehead atoms. The molecule has 0 fully saturated rings. The van der Waals surface area contributed by atoms with Crippen LogP contribution in [0.2, 0.25) is 0 Å². The van der Waals surface area contributed by atoms with E-state index in [1.807, 2.05) is 0 Å². The van der Waals surface area contributed by atoms with E-state index in [-0.39, 0.29) is 0 Å². The number of fused-ring (bicyclic) bond motifs is 1. The Kier molecular flexibility index (Phi) is 3.01. The Morgan fingerprint density at radius 2 is 1.60 bits per heavy atom. The fourth-order valence-corrected chi connectivity index (χ4v) is 2.09. The Morgan fingerprint density at radius 3 is 2.33 bits per heavy atom. The van der Waals surface area contributed by atoms with E-state index >= 15 is 0 Å². The van der Waals surface area contributed by atoms with Crippen LogP contribution in [0.4, 0.5) is 0 Å². The molecule has 0 aliphatic heterocycles. The van der Waals surface area contributed by atoms with Gasteiger partial charge in [-0.25, -0.2) is 0 Å². The number of rotatable bonds is 2. The van der Waals surface area contributed by atoms with Crippen molar-refractivity contribution in [1.29, 1.82) is 0 Å². The minimum Gasteiger partial charge on any atom is -0.171 e. The van der Waals surface area contributed by atoms with Crippen molar-refractivity contribution in [2.75, 3.05) is 0 Å². The minimum absolute atomic E-state index is 0.316. The topological polar surface area (TPSA) is 0 Å². The lowest BCUT2D eigenvalue weighted by Crippen LogP contribution is -1.99. The van der Waals surface area contributed by atoms with Gasteiger partial charge in [-0.1, -0.05) is 56.3 Å². The molecule has 0 aliphatic rings. The summed E-state index contributed by atoms with van der Waals surface area (Å²) >= 11 is 4.69. The third-order valence-corrected chi connectivity index (χ3v) is 3.65. The second-order valence-corrected chi connectivity index (χ2v) is 4.81. The number of thiol groups is 1. The van der Waals surface area contributed by atoms with Gasteiger partial charge in [0.1, 0.15) is 0 Å². The fraction of sp³-hybridized carbons (Fsp3) is 0.286. The zero-order chi connectivity index (χ0) is 10.8. The minimum atomic E-state index is 0.316. The first-order chi connectivity index (χ1) is 7.20. The van der Waals surface area contributed by atoms with Crippen LogP contribution in [-0.4, -0.2) is 0 Å². The van der Waals surface area contributed by atoms with Crippen molar-refractivity contribution in [3.05, 3.63) is 48.0 Å². The molecule has 0 spiro atoms. The SMILES string of the molecule is CC(C)C(S)c1cccc2ccccc12. The van der Waals surface area contributed by atoms with Crippen LogP contribution < -0.4 is 0 Å². The van der Waals surface area contributed by atoms with Crippen LogP contribution in [0.25, 0.3) is 10.8 Å². The van der Waals surface area contributed by atoms with Crippen molar-refractivity contribution < 1.29 is 0 Å². The first-order valence-corrected chi connectivity index (χ1v) is 5.87. The summed E-state index contributed by atoms with van der Waals surface area (Å²) in [4.78, 5) is 0. The van der Waals surface area contributed by atoms with Crippen molar-refractivity contribution >= 4 is 23.4 Å². The molecule has 0 aliphatic carbocycles. The highest BCUT2D eigenvalue weighted by Crippen LogP contribution is 2.33. The molecule has 1 atom stereocenters. The predicted octanol–water partition coefficient (Wildman–Crippen LogP) is 4.47. The normalized spacial score (nSPS) is 13.3. The van der Waals surface area contributed by atoms with Crippen LogP contribution in [0.5, 0.6) is 0 Å². The number of benzene rings is 2. The summed E-state index contributed by atoms with van der Waals surface area (Å²) in [6.07, 6.45) is 0. The number of hydrogen-bond acceptors (Lipinski definition) is 1. The summed E-state index contributed by atoms with van der Waals surface area (Å²) in [6, 6.07) is 14.9. The van der Waals surface area contributed by atoms with Gasteiger partial charge in [0.25, 0.3) is 0 Å². The molecule has 0 amide bonds. The van der Waals surface area contributed by atoms with Crippen LogP contribution in [-0.2, 0) is 0 Å². The van der Waals surface area contributed by atoms with E-state index in [0.29, 0.717) is 11.2 Å². The second-order valence-electron chi connectivity index (χ2n) is 4.26. The predicted molar refractivity (Wildman–Crippen MR) is 70.5 cm³/mol. The Bertz CT molecular complexity index is 454. The summed E-state index contributed by atoms with van der Waals surface area (Å²) in [5.41, 5.74) is 1.34. The van der Waals surface area contributed by atoms with E-state index in [0.717, 1.165) is 0 Å². The summed E-state index contributed by atoms with van der Waals surface area (Å²) in [5, 5.41) is 2.94. The highest BCUT2D eigenvalue weighted by Gasteiger charge is 2.12. The van der Waals surface area contributed by atoms with Gasteiger partial charge in [-0.3, -0.25) is 0 Å². The van der Waals surface area contributed by atoms with Crippen LogP contribution in [0.15, 0.2) is 42.5 Å². The lowest BCUT2D eigenvalue weighted by Gasteiger charge is -2.17. The van der Waals surface area contributed by atoms with E-state index in [9.17, 15) is 0 Å². The monoisotopic (exact) mass is 216 g/mol. The molecule has 15 heavy (non-hydrogen) atoms. The molecule has 0 nitrogen and oxygen atoms in total. The van der Waals surface area contributed by atoms with Gasteiger partial charge in [0, 0.05) is 5.25 Å². The molecular formula is C14H16S. The van der Waals surface area contributed by atoms with Gasteiger partial charge in [-0.2, -0.15) is 12.6 Å². The Morgan fingerprint density at radius 1 is 0.933 bits per heavy atom. The van der Waals surface area contributed by atoms with Gasteiger partial charge >= 0.3 is 0 Å². The quantitative estimate of drug-likeness (QED) is 0.704. The molecule has 0 radical (unpaired) electrons. The van der Waals surface area contributed by atoms with Crippen LogP contribution in [0.1, 0.15) is 24.7 Å². The molecule has 1 heteroatoms. The summed E-state index contributed by atoms with van der Waals surface area (Å²) in [5.74, 6) is 0.555. The molecule has 0 heterocycles. The van der Waals surface area contributed by atoms with Gasteiger partial charge in [0.2, 0.25) is 0 Å². The number of hydrogen-bond donors (Lipinski definition) is 1. The average molecular weight is 216 g/mol. The summed E-state index contributed by atoms with van der Waals surface area (Å²) < 4.78 is 0. The van der Waals surface area contributed by atoms with E-state index in [2.05, 4.69) is 56.3 Å². The molecular weight excluding hydrogens is 200 g/mol. The first-order valence-electron chi connectivity index (χ1n) is 5.36. The molecule has 1 unspecified atom stereocenters. The first kappa shape index (κ1) is 10.6. The zero-order valence-corrected chi connectivity index (χ0v) is 10.0. The lowest BCUT2D eigenvalue weighted by molar-refractivity contribution is 0.638. The maximum atomic E-state index is 4.69. The maximum absolute atomic E-state index is 4.69. The maximum Gasteiger partial charge on any atom is 0.0296 e. The molecule has 0 aromatic heterocycles.